The van der Waals surface area contributed by atoms with Gasteiger partial charge in [0.05, 0.1) is 22.7 Å². The highest BCUT2D eigenvalue weighted by molar-refractivity contribution is 6.36. The maximum atomic E-state index is 13.6. The Morgan fingerprint density at radius 2 is 2.00 bits per heavy atom. The quantitative estimate of drug-likeness (QED) is 0.616. The number of esters is 1. The maximum absolute atomic E-state index is 13.6. The molecule has 4 nitrogen and oxygen atoms in total. The van der Waals surface area contributed by atoms with Gasteiger partial charge in [-0.3, -0.25) is 4.79 Å². The third kappa shape index (κ3) is 3.30. The van der Waals surface area contributed by atoms with Crippen molar-refractivity contribution in [1.82, 2.24) is 4.90 Å². The van der Waals surface area contributed by atoms with Gasteiger partial charge in [0.15, 0.2) is 0 Å². The van der Waals surface area contributed by atoms with E-state index >= 15 is 0 Å². The van der Waals surface area contributed by atoms with Crippen LogP contribution in [-0.2, 0) is 9.53 Å². The molecular formula is C14H14Cl2FNO3. The van der Waals surface area contributed by atoms with Crippen molar-refractivity contribution in [2.75, 3.05) is 13.7 Å². The summed E-state index contributed by atoms with van der Waals surface area (Å²) in [5.74, 6) is -1.70. The van der Waals surface area contributed by atoms with Gasteiger partial charge in [-0.15, -0.1) is 0 Å². The molecular weight excluding hydrogens is 320 g/mol. The molecule has 1 atom stereocenters. The zero-order chi connectivity index (χ0) is 15.6. The van der Waals surface area contributed by atoms with Crippen LogP contribution in [0.1, 0.15) is 29.6 Å². The highest BCUT2D eigenvalue weighted by atomic mass is 35.5. The van der Waals surface area contributed by atoms with E-state index in [1.54, 1.807) is 0 Å². The number of methoxy groups -OCH3 is 1. The van der Waals surface area contributed by atoms with Gasteiger partial charge >= 0.3 is 5.97 Å². The van der Waals surface area contributed by atoms with E-state index in [0.29, 0.717) is 13.0 Å². The van der Waals surface area contributed by atoms with E-state index in [-0.39, 0.29) is 15.6 Å². The van der Waals surface area contributed by atoms with Gasteiger partial charge < -0.3 is 9.64 Å². The van der Waals surface area contributed by atoms with Gasteiger partial charge in [0.1, 0.15) is 11.9 Å². The van der Waals surface area contributed by atoms with Gasteiger partial charge in [-0.25, -0.2) is 9.18 Å². The molecule has 1 aliphatic heterocycles. The number of piperidine rings is 1. The van der Waals surface area contributed by atoms with Crippen LogP contribution in [0.5, 0.6) is 0 Å². The summed E-state index contributed by atoms with van der Waals surface area (Å²) in [4.78, 5) is 25.7. The fourth-order valence-corrected chi connectivity index (χ4v) is 2.86. The van der Waals surface area contributed by atoms with Crippen LogP contribution in [0.25, 0.3) is 0 Å². The molecule has 1 fully saturated rings. The Labute approximate surface area is 131 Å². The first kappa shape index (κ1) is 16.0. The molecule has 1 aliphatic rings. The lowest BCUT2D eigenvalue weighted by Gasteiger charge is -2.34. The van der Waals surface area contributed by atoms with E-state index < -0.39 is 23.7 Å². The number of rotatable bonds is 2. The number of nitrogens with zero attached hydrogens (tertiary/aromatic N) is 1. The summed E-state index contributed by atoms with van der Waals surface area (Å²) in [6.07, 6.45) is 2.12. The number of halogens is 3. The van der Waals surface area contributed by atoms with Crippen LogP contribution < -0.4 is 0 Å². The minimum absolute atomic E-state index is 0.00521. The number of likely N-dealkylation sites (tertiary alicyclic amines) is 1. The van der Waals surface area contributed by atoms with Gasteiger partial charge in [0, 0.05) is 6.54 Å². The Hall–Kier alpha value is -1.33. The molecule has 0 N–H and O–H groups in total. The Morgan fingerprint density at radius 1 is 1.29 bits per heavy atom. The molecule has 1 aromatic rings. The summed E-state index contributed by atoms with van der Waals surface area (Å²) >= 11 is 11.6. The molecule has 0 radical (unpaired) electrons. The number of carbonyl (C=O) groups excluding carboxylic acids is 2. The molecule has 1 aromatic carbocycles. The lowest BCUT2D eigenvalue weighted by Crippen LogP contribution is -2.48. The molecule has 0 saturated carbocycles. The fraction of sp³-hybridized carbons (Fsp3) is 0.429. The Kier molecular flexibility index (Phi) is 5.06. The van der Waals surface area contributed by atoms with Crippen LogP contribution in [0, 0.1) is 5.82 Å². The number of hydrogen-bond acceptors (Lipinski definition) is 3. The first-order valence-electron chi connectivity index (χ1n) is 6.49. The maximum Gasteiger partial charge on any atom is 0.328 e. The number of hydrogen-bond donors (Lipinski definition) is 0. The highest BCUT2D eigenvalue weighted by Gasteiger charge is 2.34. The molecule has 114 valence electrons. The summed E-state index contributed by atoms with van der Waals surface area (Å²) in [5, 5.41) is -0.0969. The summed E-state index contributed by atoms with van der Waals surface area (Å²) in [7, 11) is 1.27. The van der Waals surface area contributed by atoms with E-state index in [0.717, 1.165) is 18.9 Å². The summed E-state index contributed by atoms with van der Waals surface area (Å²) in [6.45, 7) is 0.402. The minimum Gasteiger partial charge on any atom is -0.467 e. The predicted molar refractivity (Wildman–Crippen MR) is 77.1 cm³/mol. The molecule has 0 aliphatic carbocycles. The second kappa shape index (κ2) is 6.62. The largest absolute Gasteiger partial charge is 0.467 e. The summed E-state index contributed by atoms with van der Waals surface area (Å²) < 4.78 is 18.3. The first-order chi connectivity index (χ1) is 9.95. The Morgan fingerprint density at radius 3 is 2.67 bits per heavy atom. The molecule has 2 rings (SSSR count). The van der Waals surface area contributed by atoms with Crippen LogP contribution in [0.3, 0.4) is 0 Å². The monoisotopic (exact) mass is 333 g/mol. The lowest BCUT2D eigenvalue weighted by atomic mass is 10.0. The smallest absolute Gasteiger partial charge is 0.328 e. The zero-order valence-electron chi connectivity index (χ0n) is 11.4. The van der Waals surface area contributed by atoms with Crippen LogP contribution in [0.15, 0.2) is 12.1 Å². The van der Waals surface area contributed by atoms with E-state index in [1.807, 2.05) is 0 Å². The van der Waals surface area contributed by atoms with E-state index in [4.69, 9.17) is 27.9 Å². The molecule has 1 amide bonds. The van der Waals surface area contributed by atoms with Crippen molar-refractivity contribution in [3.63, 3.8) is 0 Å². The van der Waals surface area contributed by atoms with Crippen LogP contribution in [-0.4, -0.2) is 36.5 Å². The molecule has 0 spiro atoms. The van der Waals surface area contributed by atoms with Crippen molar-refractivity contribution < 1.29 is 18.7 Å². The normalized spacial score (nSPS) is 18.5. The summed E-state index contributed by atoms with van der Waals surface area (Å²) in [5.41, 5.74) is -0.00521. The third-order valence-corrected chi connectivity index (χ3v) is 4.08. The molecule has 7 heteroatoms. The predicted octanol–water partition coefficient (Wildman–Crippen LogP) is 3.30. The molecule has 1 heterocycles. The van der Waals surface area contributed by atoms with Crippen LogP contribution >= 0.6 is 23.2 Å². The Bertz CT molecular complexity index is 580. The number of ether oxygens (including phenoxy) is 1. The van der Waals surface area contributed by atoms with Gasteiger partial charge in [0.2, 0.25) is 0 Å². The molecule has 0 bridgehead atoms. The van der Waals surface area contributed by atoms with Gasteiger partial charge in [0.25, 0.3) is 5.91 Å². The number of benzene rings is 1. The second-order valence-electron chi connectivity index (χ2n) is 4.78. The zero-order valence-corrected chi connectivity index (χ0v) is 12.9. The second-order valence-corrected chi connectivity index (χ2v) is 5.59. The van der Waals surface area contributed by atoms with Crippen LogP contribution in [0.2, 0.25) is 10.0 Å². The fourth-order valence-electron chi connectivity index (χ4n) is 2.40. The molecule has 1 saturated heterocycles. The number of amides is 1. The average Bonchev–Trinajstić information content (AvgIpc) is 2.49. The van der Waals surface area contributed by atoms with Gasteiger partial charge in [-0.1, -0.05) is 23.2 Å². The standard InChI is InChI=1S/C14H14Cl2FNO3/c1-21-14(20)12-4-2-3-5-18(12)13(19)8-6-11(17)10(16)7-9(8)15/h6-7,12H,2-5H2,1H3/t12-/m1/s1. The van der Waals surface area contributed by atoms with Gasteiger partial charge in [-0.05, 0) is 31.4 Å². The molecule has 0 unspecified atom stereocenters. The number of carbonyl (C=O) groups is 2. The third-order valence-electron chi connectivity index (χ3n) is 3.48. The average molecular weight is 334 g/mol. The van der Waals surface area contributed by atoms with E-state index in [9.17, 15) is 14.0 Å². The van der Waals surface area contributed by atoms with Crippen molar-refractivity contribution in [1.29, 1.82) is 0 Å². The van der Waals surface area contributed by atoms with Crippen molar-refractivity contribution in [2.24, 2.45) is 0 Å². The van der Waals surface area contributed by atoms with Crippen molar-refractivity contribution in [2.45, 2.75) is 25.3 Å². The minimum atomic E-state index is -0.726. The lowest BCUT2D eigenvalue weighted by molar-refractivity contribution is -0.147. The van der Waals surface area contributed by atoms with Crippen molar-refractivity contribution in [3.8, 4) is 0 Å². The molecule has 21 heavy (non-hydrogen) atoms. The summed E-state index contributed by atoms with van der Waals surface area (Å²) in [6, 6.07) is 1.52. The Balaban J connectivity index is 2.33. The molecule has 0 aromatic heterocycles. The topological polar surface area (TPSA) is 46.6 Å². The van der Waals surface area contributed by atoms with E-state index in [1.165, 1.54) is 18.1 Å². The first-order valence-corrected chi connectivity index (χ1v) is 7.24. The van der Waals surface area contributed by atoms with Crippen LogP contribution in [0.4, 0.5) is 4.39 Å². The SMILES string of the molecule is COC(=O)[C@H]1CCCCN1C(=O)c1cc(F)c(Cl)cc1Cl. The van der Waals surface area contributed by atoms with Gasteiger partial charge in [-0.2, -0.15) is 0 Å². The van der Waals surface area contributed by atoms with E-state index in [2.05, 4.69) is 0 Å². The highest BCUT2D eigenvalue weighted by Crippen LogP contribution is 2.28. The van der Waals surface area contributed by atoms with Crippen molar-refractivity contribution >= 4 is 35.1 Å². The van der Waals surface area contributed by atoms with Crippen molar-refractivity contribution in [3.05, 3.63) is 33.6 Å².